The molecule has 1 fully saturated rings. The van der Waals surface area contributed by atoms with Crippen molar-refractivity contribution < 1.29 is 19.3 Å². The number of carbonyl (C=O) groups excluding carboxylic acids is 1. The first kappa shape index (κ1) is 23.8. The lowest BCUT2D eigenvalue weighted by Gasteiger charge is -2.22. The highest BCUT2D eigenvalue weighted by Gasteiger charge is 2.20. The van der Waals surface area contributed by atoms with Crippen molar-refractivity contribution in [1.82, 2.24) is 0 Å². The minimum Gasteiger partial charge on any atom is -0.494 e. The molecule has 2 N–H and O–H groups in total. The summed E-state index contributed by atoms with van der Waals surface area (Å²) in [5.74, 6) is 2.41. The smallest absolute Gasteiger partial charge is 0.275 e. The van der Waals surface area contributed by atoms with Crippen LogP contribution in [0.4, 0.5) is 11.5 Å². The molecule has 1 aromatic heterocycles. The van der Waals surface area contributed by atoms with Crippen LogP contribution in [0.5, 0.6) is 5.75 Å². The summed E-state index contributed by atoms with van der Waals surface area (Å²) < 4.78 is 11.2. The third-order valence-electron chi connectivity index (χ3n) is 5.95. The summed E-state index contributed by atoms with van der Waals surface area (Å²) in [4.78, 5) is 18.3. The van der Waals surface area contributed by atoms with E-state index in [0.29, 0.717) is 12.5 Å². The SMILES string of the molecule is Cc1cc(N2CCOCC2)[nH+]c2ccc(NC(=O)C=Cc3ccc(OCCC(C)C)cc3)cc12. The molecule has 34 heavy (non-hydrogen) atoms. The molecule has 1 aliphatic heterocycles. The second-order valence-corrected chi connectivity index (χ2v) is 9.12. The lowest BCUT2D eigenvalue weighted by Crippen LogP contribution is -2.39. The minimum absolute atomic E-state index is 0.164. The van der Waals surface area contributed by atoms with Crippen LogP contribution in [0.15, 0.2) is 54.6 Å². The van der Waals surface area contributed by atoms with Gasteiger partial charge >= 0.3 is 0 Å². The van der Waals surface area contributed by atoms with Crippen LogP contribution in [0.1, 0.15) is 31.4 Å². The number of benzene rings is 2. The minimum atomic E-state index is -0.164. The molecule has 4 rings (SSSR count). The molecule has 0 saturated carbocycles. The fourth-order valence-corrected chi connectivity index (χ4v) is 3.93. The van der Waals surface area contributed by atoms with Crippen LogP contribution < -0.4 is 19.9 Å². The van der Waals surface area contributed by atoms with Gasteiger partial charge in [0.2, 0.25) is 5.91 Å². The van der Waals surface area contributed by atoms with E-state index in [4.69, 9.17) is 9.47 Å². The third kappa shape index (κ3) is 6.35. The Kier molecular flexibility index (Phi) is 7.80. The second-order valence-electron chi connectivity index (χ2n) is 9.12. The van der Waals surface area contributed by atoms with Crippen LogP contribution in [-0.2, 0) is 9.53 Å². The molecule has 6 heteroatoms. The van der Waals surface area contributed by atoms with Gasteiger partial charge < -0.3 is 14.8 Å². The van der Waals surface area contributed by atoms with Crippen LogP contribution in [-0.4, -0.2) is 38.8 Å². The maximum atomic E-state index is 12.5. The van der Waals surface area contributed by atoms with Crippen LogP contribution in [0.2, 0.25) is 0 Å². The number of nitrogens with zero attached hydrogens (tertiary/aromatic N) is 1. The number of ether oxygens (including phenoxy) is 2. The van der Waals surface area contributed by atoms with Crippen molar-refractivity contribution in [2.45, 2.75) is 27.2 Å². The number of hydrogen-bond acceptors (Lipinski definition) is 4. The number of hydrogen-bond donors (Lipinski definition) is 1. The van der Waals surface area contributed by atoms with E-state index >= 15 is 0 Å². The molecule has 0 aliphatic carbocycles. The van der Waals surface area contributed by atoms with Gasteiger partial charge in [0, 0.05) is 23.2 Å². The quantitative estimate of drug-likeness (QED) is 0.487. The molecule has 1 amide bonds. The van der Waals surface area contributed by atoms with Crippen LogP contribution in [0.25, 0.3) is 17.0 Å². The highest BCUT2D eigenvalue weighted by molar-refractivity contribution is 6.03. The van der Waals surface area contributed by atoms with Crippen molar-refractivity contribution in [2.75, 3.05) is 43.1 Å². The molecular weight excluding hydrogens is 426 g/mol. The number of fused-ring (bicyclic) bond motifs is 1. The van der Waals surface area contributed by atoms with E-state index in [9.17, 15) is 4.79 Å². The number of pyridine rings is 1. The predicted octanol–water partition coefficient (Wildman–Crippen LogP) is 4.88. The van der Waals surface area contributed by atoms with Crippen molar-refractivity contribution in [3.05, 3.63) is 65.7 Å². The molecule has 0 spiro atoms. The fraction of sp³-hybridized carbons (Fsp3) is 0.357. The Hall–Kier alpha value is -3.38. The Morgan fingerprint density at radius 2 is 1.91 bits per heavy atom. The lowest BCUT2D eigenvalue weighted by atomic mass is 10.1. The van der Waals surface area contributed by atoms with E-state index in [1.54, 1.807) is 6.08 Å². The summed E-state index contributed by atoms with van der Waals surface area (Å²) in [5, 5.41) is 4.06. The van der Waals surface area contributed by atoms with E-state index < -0.39 is 0 Å². The van der Waals surface area contributed by atoms with Gasteiger partial charge in [-0.2, -0.15) is 0 Å². The van der Waals surface area contributed by atoms with Crippen LogP contribution in [0.3, 0.4) is 0 Å². The maximum Gasteiger partial charge on any atom is 0.275 e. The van der Waals surface area contributed by atoms with Gasteiger partial charge in [0.15, 0.2) is 0 Å². The summed E-state index contributed by atoms with van der Waals surface area (Å²) in [6.07, 6.45) is 4.39. The summed E-state index contributed by atoms with van der Waals surface area (Å²) in [6.45, 7) is 10.4. The summed E-state index contributed by atoms with van der Waals surface area (Å²) in [5.41, 5.74) is 3.93. The molecular formula is C28H34N3O3+. The number of aryl methyl sites for hydroxylation is 1. The normalized spacial score (nSPS) is 14.2. The van der Waals surface area contributed by atoms with Crippen molar-refractivity contribution in [1.29, 1.82) is 0 Å². The van der Waals surface area contributed by atoms with Gasteiger partial charge in [-0.1, -0.05) is 26.0 Å². The van der Waals surface area contributed by atoms with Crippen molar-refractivity contribution in [3.63, 3.8) is 0 Å². The topological polar surface area (TPSA) is 64.9 Å². The van der Waals surface area contributed by atoms with Crippen molar-refractivity contribution >= 4 is 34.4 Å². The maximum absolute atomic E-state index is 12.5. The van der Waals surface area contributed by atoms with Crippen LogP contribution in [0, 0.1) is 12.8 Å². The van der Waals surface area contributed by atoms with Gasteiger partial charge in [0.05, 0.1) is 19.8 Å². The van der Waals surface area contributed by atoms with E-state index in [-0.39, 0.29) is 5.91 Å². The average molecular weight is 461 g/mol. The number of morpholine rings is 1. The Labute approximate surface area is 201 Å². The van der Waals surface area contributed by atoms with Gasteiger partial charge in [-0.25, -0.2) is 4.98 Å². The zero-order valence-corrected chi connectivity index (χ0v) is 20.3. The molecule has 6 nitrogen and oxygen atoms in total. The highest BCUT2D eigenvalue weighted by Crippen LogP contribution is 2.23. The Morgan fingerprint density at radius 3 is 2.65 bits per heavy atom. The number of anilines is 2. The molecule has 3 aromatic rings. The Balaban J connectivity index is 1.37. The first-order valence-electron chi connectivity index (χ1n) is 12.0. The number of amides is 1. The molecule has 0 bridgehead atoms. The van der Waals surface area contributed by atoms with E-state index in [1.807, 2.05) is 48.5 Å². The molecule has 0 unspecified atom stereocenters. The molecule has 2 aromatic carbocycles. The summed E-state index contributed by atoms with van der Waals surface area (Å²) in [7, 11) is 0. The molecule has 1 aliphatic rings. The Bertz CT molecular complexity index is 1150. The number of carbonyl (C=O) groups is 1. The highest BCUT2D eigenvalue weighted by atomic mass is 16.5. The van der Waals surface area contributed by atoms with E-state index in [0.717, 1.165) is 72.0 Å². The second kappa shape index (κ2) is 11.2. The lowest BCUT2D eigenvalue weighted by molar-refractivity contribution is -0.331. The van der Waals surface area contributed by atoms with Crippen molar-refractivity contribution in [3.8, 4) is 5.75 Å². The predicted molar refractivity (Wildman–Crippen MR) is 137 cm³/mol. The molecule has 0 radical (unpaired) electrons. The van der Waals surface area contributed by atoms with Gasteiger partial charge in [-0.3, -0.25) is 9.69 Å². The largest absolute Gasteiger partial charge is 0.494 e. The summed E-state index contributed by atoms with van der Waals surface area (Å²) >= 11 is 0. The number of aromatic nitrogens is 1. The number of aromatic amines is 1. The average Bonchev–Trinajstić information content (AvgIpc) is 2.84. The van der Waals surface area contributed by atoms with Crippen molar-refractivity contribution in [2.24, 2.45) is 5.92 Å². The van der Waals surface area contributed by atoms with E-state index in [2.05, 4.69) is 42.0 Å². The van der Waals surface area contributed by atoms with Crippen LogP contribution >= 0.6 is 0 Å². The Morgan fingerprint density at radius 1 is 1.15 bits per heavy atom. The first-order chi connectivity index (χ1) is 16.5. The number of H-pyrrole nitrogens is 1. The number of rotatable bonds is 8. The van der Waals surface area contributed by atoms with Gasteiger partial charge in [0.25, 0.3) is 5.82 Å². The standard InChI is InChI=1S/C28H33N3O3/c1-20(2)12-15-34-24-8-4-22(5-9-24)6-11-28(32)29-23-7-10-26-25(19-23)21(3)18-27(30-26)31-13-16-33-17-14-31/h4-11,18-20H,12-17H2,1-3H3,(H,29,32)/p+1. The molecule has 178 valence electrons. The third-order valence-corrected chi connectivity index (χ3v) is 5.95. The molecule has 2 heterocycles. The molecule has 0 atom stereocenters. The first-order valence-corrected chi connectivity index (χ1v) is 12.0. The monoisotopic (exact) mass is 460 g/mol. The van der Waals surface area contributed by atoms with Gasteiger partial charge in [-0.05, 0) is 66.8 Å². The zero-order valence-electron chi connectivity index (χ0n) is 20.3. The number of nitrogens with one attached hydrogen (secondary N) is 2. The summed E-state index contributed by atoms with van der Waals surface area (Å²) in [6, 6.07) is 15.9. The van der Waals surface area contributed by atoms with E-state index in [1.165, 1.54) is 0 Å². The van der Waals surface area contributed by atoms with Gasteiger partial charge in [0.1, 0.15) is 24.4 Å². The molecule has 1 saturated heterocycles. The van der Waals surface area contributed by atoms with Gasteiger partial charge in [-0.15, -0.1) is 0 Å². The fourth-order valence-electron chi connectivity index (χ4n) is 3.93. The zero-order chi connectivity index (χ0) is 23.9.